The third-order valence-corrected chi connectivity index (χ3v) is 7.63. The summed E-state index contributed by atoms with van der Waals surface area (Å²) < 4.78 is 27.3. The number of anilines is 1. The Bertz CT molecular complexity index is 1520. The maximum atomic E-state index is 13.8. The second-order valence-corrected chi connectivity index (χ2v) is 11.4. The first-order chi connectivity index (χ1) is 21.7. The maximum absolute atomic E-state index is 13.8. The molecule has 2 aliphatic rings. The van der Waals surface area contributed by atoms with Gasteiger partial charge >= 0.3 is 23.9 Å². The second-order valence-electron chi connectivity index (χ2n) is 11.4. The van der Waals surface area contributed by atoms with Gasteiger partial charge in [0.15, 0.2) is 23.9 Å². The number of aliphatic hydroxyl groups is 1. The van der Waals surface area contributed by atoms with Crippen molar-refractivity contribution in [1.29, 1.82) is 0 Å². The van der Waals surface area contributed by atoms with Gasteiger partial charge in [-0.05, 0) is 18.6 Å². The molecule has 0 radical (unpaired) electrons. The minimum atomic E-state index is -2.21. The lowest BCUT2D eigenvalue weighted by Gasteiger charge is -2.44. The Kier molecular flexibility index (Phi) is 10.6. The molecule has 2 aliphatic heterocycles. The number of carbonyl (C=O) groups is 6. The summed E-state index contributed by atoms with van der Waals surface area (Å²) in [5, 5.41) is 11.8. The van der Waals surface area contributed by atoms with E-state index in [0.29, 0.717) is 5.69 Å². The van der Waals surface area contributed by atoms with E-state index in [1.165, 1.54) is 4.90 Å². The van der Waals surface area contributed by atoms with Crippen LogP contribution in [0, 0.1) is 6.92 Å². The van der Waals surface area contributed by atoms with Crippen LogP contribution in [0.1, 0.15) is 57.2 Å². The summed E-state index contributed by atoms with van der Waals surface area (Å²) in [6.45, 7) is 6.06. The highest BCUT2D eigenvalue weighted by atomic mass is 16.7. The molecule has 2 heterocycles. The van der Waals surface area contributed by atoms with Crippen molar-refractivity contribution >= 4 is 41.3 Å². The predicted molar refractivity (Wildman–Crippen MR) is 159 cm³/mol. The van der Waals surface area contributed by atoms with Gasteiger partial charge in [-0.1, -0.05) is 48.0 Å². The van der Waals surface area contributed by atoms with E-state index in [1.54, 1.807) is 24.3 Å². The molecule has 1 saturated heterocycles. The third-order valence-electron chi connectivity index (χ3n) is 7.63. The van der Waals surface area contributed by atoms with E-state index >= 15 is 0 Å². The van der Waals surface area contributed by atoms with E-state index in [-0.39, 0.29) is 12.1 Å². The molecule has 2 aromatic rings. The van der Waals surface area contributed by atoms with Crippen LogP contribution in [0.3, 0.4) is 0 Å². The Morgan fingerprint density at radius 1 is 0.826 bits per heavy atom. The van der Waals surface area contributed by atoms with E-state index in [2.05, 4.69) is 0 Å². The molecule has 0 spiro atoms. The normalized spacial score (nSPS) is 25.3. The van der Waals surface area contributed by atoms with Crippen LogP contribution in [0.15, 0.2) is 48.5 Å². The Morgan fingerprint density at radius 2 is 1.43 bits per heavy atom. The monoisotopic (exact) mass is 639 g/mol. The van der Waals surface area contributed by atoms with Crippen LogP contribution in [-0.2, 0) is 64.6 Å². The molecule has 246 valence electrons. The number of aryl methyl sites for hydroxylation is 1. The smallest absolute Gasteiger partial charge is 0.303 e. The molecule has 2 aromatic carbocycles. The van der Waals surface area contributed by atoms with E-state index in [9.17, 15) is 33.9 Å². The number of esters is 4. The van der Waals surface area contributed by atoms with Crippen LogP contribution < -0.4 is 4.90 Å². The lowest BCUT2D eigenvalue weighted by molar-refractivity contribution is -0.252. The van der Waals surface area contributed by atoms with Gasteiger partial charge in [0.05, 0.1) is 12.2 Å². The number of rotatable bonds is 11. The summed E-state index contributed by atoms with van der Waals surface area (Å²) in [6, 6.07) is 14.2. The highest BCUT2D eigenvalue weighted by molar-refractivity contribution is 6.08. The number of Topliss-reactive ketones (excluding diaryl/α,β-unsaturated/α-hetero) is 1. The average Bonchev–Trinajstić information content (AvgIpc) is 3.16. The van der Waals surface area contributed by atoms with Crippen molar-refractivity contribution in [2.24, 2.45) is 0 Å². The molecular formula is C33H37NO12. The molecule has 4 rings (SSSR count). The number of ketones is 1. The van der Waals surface area contributed by atoms with Crippen LogP contribution in [0.4, 0.5) is 5.69 Å². The molecule has 13 heteroatoms. The fourth-order valence-corrected chi connectivity index (χ4v) is 5.89. The molecule has 6 atom stereocenters. The summed E-state index contributed by atoms with van der Waals surface area (Å²) in [5.74, 6) is -4.43. The summed E-state index contributed by atoms with van der Waals surface area (Å²) in [6.07, 6.45) is -7.98. The number of benzene rings is 2. The van der Waals surface area contributed by atoms with Crippen molar-refractivity contribution in [3.8, 4) is 0 Å². The number of carbonyl (C=O) groups excluding carboxylic acids is 6. The number of nitrogens with zero attached hydrogens (tertiary/aromatic N) is 1. The van der Waals surface area contributed by atoms with E-state index in [4.69, 9.17) is 23.7 Å². The number of hydrogen-bond donors (Lipinski definition) is 1. The molecular weight excluding hydrogens is 602 g/mol. The Balaban J connectivity index is 1.63. The van der Waals surface area contributed by atoms with Crippen molar-refractivity contribution < 1.29 is 57.6 Å². The zero-order valence-corrected chi connectivity index (χ0v) is 26.2. The zero-order valence-electron chi connectivity index (χ0n) is 26.2. The Hall–Kier alpha value is -4.62. The number of amides is 1. The molecule has 0 saturated carbocycles. The minimum Gasteiger partial charge on any atom is -0.463 e. The van der Waals surface area contributed by atoms with Crippen LogP contribution in [0.2, 0.25) is 0 Å². The fourth-order valence-electron chi connectivity index (χ4n) is 5.89. The van der Waals surface area contributed by atoms with Crippen LogP contribution in [0.5, 0.6) is 0 Å². The first-order valence-electron chi connectivity index (χ1n) is 14.7. The summed E-state index contributed by atoms with van der Waals surface area (Å²) >= 11 is 0. The Morgan fingerprint density at radius 3 is 2.04 bits per heavy atom. The molecule has 0 aliphatic carbocycles. The molecule has 1 amide bonds. The molecule has 1 N–H and O–H groups in total. The number of ether oxygens (including phenoxy) is 5. The predicted octanol–water partition coefficient (Wildman–Crippen LogP) is 2.20. The van der Waals surface area contributed by atoms with Gasteiger partial charge in [0.25, 0.3) is 5.91 Å². The topological polar surface area (TPSA) is 172 Å². The van der Waals surface area contributed by atoms with Crippen molar-refractivity contribution in [3.63, 3.8) is 0 Å². The maximum Gasteiger partial charge on any atom is 0.303 e. The van der Waals surface area contributed by atoms with Gasteiger partial charge in [0.1, 0.15) is 24.6 Å². The molecule has 13 nitrogen and oxygen atoms in total. The first-order valence-corrected chi connectivity index (χ1v) is 14.7. The lowest BCUT2D eigenvalue weighted by Crippen LogP contribution is -2.62. The van der Waals surface area contributed by atoms with Gasteiger partial charge < -0.3 is 33.7 Å². The van der Waals surface area contributed by atoms with Gasteiger partial charge in [0, 0.05) is 46.1 Å². The van der Waals surface area contributed by atoms with Gasteiger partial charge in [-0.15, -0.1) is 0 Å². The third kappa shape index (κ3) is 7.77. The van der Waals surface area contributed by atoms with E-state index in [1.807, 2.05) is 31.2 Å². The summed E-state index contributed by atoms with van der Waals surface area (Å²) in [5.41, 5.74) is 0.318. The van der Waals surface area contributed by atoms with Crippen molar-refractivity contribution in [2.75, 3.05) is 11.5 Å². The highest BCUT2D eigenvalue weighted by Gasteiger charge is 2.54. The first kappa shape index (κ1) is 34.3. The largest absolute Gasteiger partial charge is 0.463 e. The highest BCUT2D eigenvalue weighted by Crippen LogP contribution is 2.44. The molecule has 1 unspecified atom stereocenters. The van der Waals surface area contributed by atoms with Gasteiger partial charge in [-0.2, -0.15) is 0 Å². The lowest BCUT2D eigenvalue weighted by atomic mass is 9.86. The summed E-state index contributed by atoms with van der Waals surface area (Å²) in [4.78, 5) is 76.8. The van der Waals surface area contributed by atoms with E-state index < -0.39 is 91.1 Å². The quantitative estimate of drug-likeness (QED) is 0.281. The standard InChI is InChI=1S/C33H37NO12/c1-18-9-8-10-23(13-18)16-34-26-12-7-6-11-25(26)33(41,32(34)40)15-24(39)14-27-29(43-20(3)36)31(45-22(5)38)30(44-21(4)37)28(46-27)17-42-19(2)35/h6-13,27-31,41H,14-17H2,1-5H3/t27-,28+,29-,30+,31+,33?/m0/s1. The number of hydrogen-bond acceptors (Lipinski definition) is 12. The van der Waals surface area contributed by atoms with Crippen molar-refractivity contribution in [2.45, 2.75) is 90.1 Å². The van der Waals surface area contributed by atoms with E-state index in [0.717, 1.165) is 38.8 Å². The van der Waals surface area contributed by atoms with Crippen molar-refractivity contribution in [3.05, 3.63) is 65.2 Å². The SMILES string of the molecule is CC(=O)OC[C@H]1O[C@@H](CC(=O)CC2(O)C(=O)N(Cc3cccc(C)c3)c3ccccc32)[C@H](OC(C)=O)[C@@H](OC(C)=O)[C@@H]1OC(C)=O. The fraction of sp³-hybridized carbons (Fsp3) is 0.455. The zero-order chi connectivity index (χ0) is 33.8. The molecule has 0 aromatic heterocycles. The molecule has 46 heavy (non-hydrogen) atoms. The summed E-state index contributed by atoms with van der Waals surface area (Å²) in [7, 11) is 0. The van der Waals surface area contributed by atoms with Crippen LogP contribution in [0.25, 0.3) is 0 Å². The number of fused-ring (bicyclic) bond motifs is 1. The van der Waals surface area contributed by atoms with Crippen LogP contribution >= 0.6 is 0 Å². The minimum absolute atomic E-state index is 0.160. The van der Waals surface area contributed by atoms with Crippen LogP contribution in [-0.4, -0.2) is 77.8 Å². The number of para-hydroxylation sites is 1. The van der Waals surface area contributed by atoms with Gasteiger partial charge in [-0.3, -0.25) is 28.8 Å². The second kappa shape index (κ2) is 14.2. The average molecular weight is 640 g/mol. The molecule has 0 bridgehead atoms. The van der Waals surface area contributed by atoms with Gasteiger partial charge in [-0.25, -0.2) is 0 Å². The molecule has 1 fully saturated rings. The van der Waals surface area contributed by atoms with Crippen molar-refractivity contribution in [1.82, 2.24) is 0 Å². The Labute approximate surface area is 265 Å². The van der Waals surface area contributed by atoms with Gasteiger partial charge in [0.2, 0.25) is 0 Å².